The van der Waals surface area contributed by atoms with Crippen LogP contribution in [0.1, 0.15) is 38.3 Å². The maximum atomic E-state index is 12.3. The SMILES string of the molecule is CC1CC(C(=O)O)C(C(=O)N[C@@H](C)c2ccncc2)C1. The van der Waals surface area contributed by atoms with Gasteiger partial charge in [-0.2, -0.15) is 0 Å². The van der Waals surface area contributed by atoms with Crippen LogP contribution in [0, 0.1) is 17.8 Å². The lowest BCUT2D eigenvalue weighted by Crippen LogP contribution is -2.36. The molecule has 5 nitrogen and oxygen atoms in total. The molecule has 1 aromatic heterocycles. The summed E-state index contributed by atoms with van der Waals surface area (Å²) < 4.78 is 0. The van der Waals surface area contributed by atoms with Gasteiger partial charge in [0.25, 0.3) is 0 Å². The Kier molecular flexibility index (Phi) is 4.37. The van der Waals surface area contributed by atoms with E-state index in [4.69, 9.17) is 0 Å². The molecule has 2 rings (SSSR count). The van der Waals surface area contributed by atoms with E-state index in [0.717, 1.165) is 5.56 Å². The largest absolute Gasteiger partial charge is 0.481 e. The first kappa shape index (κ1) is 14.5. The number of pyridine rings is 1. The van der Waals surface area contributed by atoms with Crippen LogP contribution in [0.4, 0.5) is 0 Å². The molecule has 1 fully saturated rings. The van der Waals surface area contributed by atoms with Gasteiger partial charge in [-0.3, -0.25) is 14.6 Å². The van der Waals surface area contributed by atoms with Crippen LogP contribution < -0.4 is 5.32 Å². The van der Waals surface area contributed by atoms with Crippen LogP contribution in [-0.2, 0) is 9.59 Å². The molecular weight excluding hydrogens is 256 g/mol. The summed E-state index contributed by atoms with van der Waals surface area (Å²) in [4.78, 5) is 27.5. The van der Waals surface area contributed by atoms with E-state index in [1.807, 2.05) is 26.0 Å². The van der Waals surface area contributed by atoms with Crippen molar-refractivity contribution in [3.63, 3.8) is 0 Å². The minimum absolute atomic E-state index is 0.143. The Labute approximate surface area is 118 Å². The molecule has 1 aromatic rings. The molecule has 0 saturated heterocycles. The zero-order valence-electron chi connectivity index (χ0n) is 11.7. The minimum atomic E-state index is -0.869. The van der Waals surface area contributed by atoms with E-state index in [2.05, 4.69) is 10.3 Å². The van der Waals surface area contributed by atoms with Gasteiger partial charge in [-0.05, 0) is 43.4 Å². The second kappa shape index (κ2) is 6.03. The van der Waals surface area contributed by atoms with E-state index < -0.39 is 17.8 Å². The Morgan fingerprint density at radius 2 is 1.90 bits per heavy atom. The van der Waals surface area contributed by atoms with Crippen molar-refractivity contribution in [2.24, 2.45) is 17.8 Å². The third-order valence-corrected chi connectivity index (χ3v) is 4.02. The lowest BCUT2D eigenvalue weighted by Gasteiger charge is -2.19. The topological polar surface area (TPSA) is 79.3 Å². The van der Waals surface area contributed by atoms with Crippen molar-refractivity contribution < 1.29 is 14.7 Å². The van der Waals surface area contributed by atoms with E-state index in [0.29, 0.717) is 12.8 Å². The van der Waals surface area contributed by atoms with Gasteiger partial charge in [0.05, 0.1) is 17.9 Å². The van der Waals surface area contributed by atoms with Gasteiger partial charge in [0.1, 0.15) is 0 Å². The number of rotatable bonds is 4. The second-order valence-electron chi connectivity index (χ2n) is 5.64. The van der Waals surface area contributed by atoms with Crippen LogP contribution in [0.15, 0.2) is 24.5 Å². The Morgan fingerprint density at radius 3 is 2.50 bits per heavy atom. The molecule has 2 N–H and O–H groups in total. The first-order chi connectivity index (χ1) is 9.49. The van der Waals surface area contributed by atoms with Gasteiger partial charge in [0.15, 0.2) is 0 Å². The van der Waals surface area contributed by atoms with Gasteiger partial charge in [0, 0.05) is 12.4 Å². The molecule has 0 aromatic carbocycles. The molecule has 1 amide bonds. The van der Waals surface area contributed by atoms with Crippen LogP contribution >= 0.6 is 0 Å². The highest BCUT2D eigenvalue weighted by Crippen LogP contribution is 2.36. The molecular formula is C15H20N2O3. The molecule has 1 heterocycles. The summed E-state index contributed by atoms with van der Waals surface area (Å²) in [5.41, 5.74) is 0.964. The van der Waals surface area contributed by atoms with E-state index in [1.54, 1.807) is 12.4 Å². The lowest BCUT2D eigenvalue weighted by molar-refractivity contribution is -0.146. The lowest BCUT2D eigenvalue weighted by atomic mass is 9.95. The van der Waals surface area contributed by atoms with Crippen molar-refractivity contribution in [2.45, 2.75) is 32.7 Å². The van der Waals surface area contributed by atoms with Gasteiger partial charge < -0.3 is 10.4 Å². The summed E-state index contributed by atoms with van der Waals surface area (Å²) in [5, 5.41) is 12.1. The predicted octanol–water partition coefficient (Wildman–Crippen LogP) is 2.01. The number of hydrogen-bond donors (Lipinski definition) is 2. The summed E-state index contributed by atoms with van der Waals surface area (Å²) in [6.07, 6.45) is 4.58. The van der Waals surface area contributed by atoms with Crippen LogP contribution in [0.25, 0.3) is 0 Å². The normalized spacial score (nSPS) is 27.0. The second-order valence-corrected chi connectivity index (χ2v) is 5.64. The van der Waals surface area contributed by atoms with Gasteiger partial charge >= 0.3 is 5.97 Å². The van der Waals surface area contributed by atoms with Crippen molar-refractivity contribution in [1.82, 2.24) is 10.3 Å². The van der Waals surface area contributed by atoms with Gasteiger partial charge in [-0.1, -0.05) is 6.92 Å². The van der Waals surface area contributed by atoms with Gasteiger partial charge in [-0.15, -0.1) is 0 Å². The van der Waals surface area contributed by atoms with Gasteiger partial charge in [-0.25, -0.2) is 0 Å². The third kappa shape index (κ3) is 3.15. The molecule has 1 saturated carbocycles. The number of nitrogens with one attached hydrogen (secondary N) is 1. The maximum Gasteiger partial charge on any atom is 0.307 e. The Balaban J connectivity index is 2.02. The fourth-order valence-corrected chi connectivity index (χ4v) is 2.91. The average molecular weight is 276 g/mol. The van der Waals surface area contributed by atoms with Crippen LogP contribution in [0.3, 0.4) is 0 Å². The Morgan fingerprint density at radius 1 is 1.30 bits per heavy atom. The fraction of sp³-hybridized carbons (Fsp3) is 0.533. The average Bonchev–Trinajstić information content (AvgIpc) is 2.82. The Bertz CT molecular complexity index is 489. The summed E-state index contributed by atoms with van der Waals surface area (Å²) >= 11 is 0. The number of carbonyl (C=O) groups excluding carboxylic acids is 1. The fourth-order valence-electron chi connectivity index (χ4n) is 2.91. The number of nitrogens with zero attached hydrogens (tertiary/aromatic N) is 1. The molecule has 0 bridgehead atoms. The Hall–Kier alpha value is -1.91. The van der Waals surface area contributed by atoms with Crippen LogP contribution in [0.2, 0.25) is 0 Å². The summed E-state index contributed by atoms with van der Waals surface area (Å²) in [6, 6.07) is 3.55. The number of carboxylic acids is 1. The summed E-state index contributed by atoms with van der Waals surface area (Å²) in [5.74, 6) is -1.73. The highest BCUT2D eigenvalue weighted by atomic mass is 16.4. The highest BCUT2D eigenvalue weighted by molar-refractivity contribution is 5.85. The van der Waals surface area contributed by atoms with Crippen molar-refractivity contribution >= 4 is 11.9 Å². The molecule has 0 spiro atoms. The van der Waals surface area contributed by atoms with Crippen molar-refractivity contribution in [2.75, 3.05) is 0 Å². The molecule has 1 aliphatic rings. The van der Waals surface area contributed by atoms with Crippen molar-refractivity contribution in [3.05, 3.63) is 30.1 Å². The summed E-state index contributed by atoms with van der Waals surface area (Å²) in [7, 11) is 0. The van der Waals surface area contributed by atoms with E-state index in [1.165, 1.54) is 0 Å². The van der Waals surface area contributed by atoms with Crippen molar-refractivity contribution in [1.29, 1.82) is 0 Å². The number of amides is 1. The third-order valence-electron chi connectivity index (χ3n) is 4.02. The van der Waals surface area contributed by atoms with Gasteiger partial charge in [0.2, 0.25) is 5.91 Å². The predicted molar refractivity (Wildman–Crippen MR) is 73.8 cm³/mol. The first-order valence-electron chi connectivity index (χ1n) is 6.92. The molecule has 0 aliphatic heterocycles. The minimum Gasteiger partial charge on any atom is -0.481 e. The zero-order chi connectivity index (χ0) is 14.7. The smallest absolute Gasteiger partial charge is 0.307 e. The first-order valence-corrected chi connectivity index (χ1v) is 6.92. The molecule has 1 aliphatic carbocycles. The quantitative estimate of drug-likeness (QED) is 0.881. The number of carboxylic acid groups (broad SMARTS) is 1. The number of carbonyl (C=O) groups is 2. The molecule has 20 heavy (non-hydrogen) atoms. The van der Waals surface area contributed by atoms with E-state index in [9.17, 15) is 14.7 Å². The summed E-state index contributed by atoms with van der Waals surface area (Å²) in [6.45, 7) is 3.89. The molecule has 108 valence electrons. The maximum absolute atomic E-state index is 12.3. The molecule has 4 atom stereocenters. The van der Waals surface area contributed by atoms with Crippen LogP contribution in [-0.4, -0.2) is 22.0 Å². The molecule has 3 unspecified atom stereocenters. The van der Waals surface area contributed by atoms with Crippen LogP contribution in [0.5, 0.6) is 0 Å². The van der Waals surface area contributed by atoms with Crippen molar-refractivity contribution in [3.8, 4) is 0 Å². The number of aliphatic carboxylic acids is 1. The standard InChI is InChI=1S/C15H20N2O3/c1-9-7-12(13(8-9)15(19)20)14(18)17-10(2)11-3-5-16-6-4-11/h3-6,9-10,12-13H,7-8H2,1-2H3,(H,17,18)(H,19,20)/t9?,10-,12?,13?/m0/s1. The number of aromatic nitrogens is 1. The number of hydrogen-bond acceptors (Lipinski definition) is 3. The molecule has 0 radical (unpaired) electrons. The van der Waals surface area contributed by atoms with E-state index >= 15 is 0 Å². The highest BCUT2D eigenvalue weighted by Gasteiger charge is 2.41. The monoisotopic (exact) mass is 276 g/mol. The molecule has 5 heteroatoms. The zero-order valence-corrected chi connectivity index (χ0v) is 11.7. The van der Waals surface area contributed by atoms with E-state index in [-0.39, 0.29) is 17.9 Å².